The molecule has 0 saturated heterocycles. The number of hydrogen-bond donors (Lipinski definition) is 2. The Kier molecular flexibility index (Phi) is 3.82. The number of nitrogens with one attached hydrogen (secondary N) is 1. The average Bonchev–Trinajstić information content (AvgIpc) is 2.17. The van der Waals surface area contributed by atoms with Crippen LogP contribution in [-0.2, 0) is 0 Å². The quantitative estimate of drug-likeness (QED) is 0.483. The lowest BCUT2D eigenvalue weighted by molar-refractivity contribution is -0.140. The van der Waals surface area contributed by atoms with Crippen molar-refractivity contribution in [2.75, 3.05) is 0 Å². The van der Waals surface area contributed by atoms with E-state index < -0.39 is 35.8 Å². The van der Waals surface area contributed by atoms with Crippen LogP contribution >= 0.6 is 0 Å². The van der Waals surface area contributed by atoms with Gasteiger partial charge in [-0.1, -0.05) is 0 Å². The summed E-state index contributed by atoms with van der Waals surface area (Å²) in [6.07, 6.45) is -5.89. The molecule has 1 rings (SSSR count). The standard InChI is InChI=1S/C9H9F5N2/c10-5-1-2-7(11)6(3-5)8(16-15)4-9(12,13)14/h1-3,8,16H,4,15H2. The van der Waals surface area contributed by atoms with Gasteiger partial charge in [-0.3, -0.25) is 11.3 Å². The predicted molar refractivity (Wildman–Crippen MR) is 47.1 cm³/mol. The van der Waals surface area contributed by atoms with Crippen LogP contribution in [0, 0.1) is 11.6 Å². The van der Waals surface area contributed by atoms with Crippen molar-refractivity contribution in [3.63, 3.8) is 0 Å². The van der Waals surface area contributed by atoms with E-state index in [-0.39, 0.29) is 0 Å². The van der Waals surface area contributed by atoms with E-state index in [9.17, 15) is 22.0 Å². The van der Waals surface area contributed by atoms with Crippen molar-refractivity contribution in [1.29, 1.82) is 0 Å². The summed E-state index contributed by atoms with van der Waals surface area (Å²) in [5, 5.41) is 0. The van der Waals surface area contributed by atoms with Gasteiger partial charge in [-0.2, -0.15) is 13.2 Å². The SMILES string of the molecule is NNC(CC(F)(F)F)c1cc(F)ccc1F. The zero-order chi connectivity index (χ0) is 12.3. The molecule has 0 aliphatic rings. The molecule has 0 saturated carbocycles. The van der Waals surface area contributed by atoms with Gasteiger partial charge in [0.05, 0.1) is 12.5 Å². The molecule has 16 heavy (non-hydrogen) atoms. The van der Waals surface area contributed by atoms with E-state index >= 15 is 0 Å². The molecule has 1 unspecified atom stereocenters. The van der Waals surface area contributed by atoms with Crippen LogP contribution in [0.3, 0.4) is 0 Å². The maximum atomic E-state index is 13.2. The maximum Gasteiger partial charge on any atom is 0.390 e. The average molecular weight is 240 g/mol. The van der Waals surface area contributed by atoms with Gasteiger partial charge >= 0.3 is 6.18 Å². The molecule has 0 fully saturated rings. The van der Waals surface area contributed by atoms with E-state index in [0.29, 0.717) is 6.07 Å². The summed E-state index contributed by atoms with van der Waals surface area (Å²) < 4.78 is 62.2. The minimum atomic E-state index is -4.52. The van der Waals surface area contributed by atoms with Crippen LogP contribution in [-0.4, -0.2) is 6.18 Å². The van der Waals surface area contributed by atoms with Crippen LogP contribution in [0.4, 0.5) is 22.0 Å². The Bertz CT molecular complexity index is 363. The predicted octanol–water partition coefficient (Wildman–Crippen LogP) is 2.42. The Morgan fingerprint density at radius 1 is 1.25 bits per heavy atom. The highest BCUT2D eigenvalue weighted by Crippen LogP contribution is 2.30. The molecule has 90 valence electrons. The van der Waals surface area contributed by atoms with E-state index in [4.69, 9.17) is 5.84 Å². The molecule has 0 spiro atoms. The zero-order valence-electron chi connectivity index (χ0n) is 7.98. The molecule has 0 heterocycles. The van der Waals surface area contributed by atoms with Crippen LogP contribution in [0.5, 0.6) is 0 Å². The highest BCUT2D eigenvalue weighted by molar-refractivity contribution is 5.22. The lowest BCUT2D eigenvalue weighted by Gasteiger charge is -2.18. The smallest absolute Gasteiger partial charge is 0.271 e. The van der Waals surface area contributed by atoms with Crippen molar-refractivity contribution in [3.05, 3.63) is 35.4 Å². The zero-order valence-corrected chi connectivity index (χ0v) is 7.98. The lowest BCUT2D eigenvalue weighted by atomic mass is 10.0. The summed E-state index contributed by atoms with van der Waals surface area (Å²) in [4.78, 5) is 0. The Balaban J connectivity index is 2.99. The number of benzene rings is 1. The topological polar surface area (TPSA) is 38.0 Å². The van der Waals surface area contributed by atoms with Gasteiger partial charge in [0.2, 0.25) is 0 Å². The fourth-order valence-electron chi connectivity index (χ4n) is 1.27. The van der Waals surface area contributed by atoms with Gasteiger partial charge in [0.25, 0.3) is 0 Å². The molecule has 0 aliphatic carbocycles. The molecule has 0 amide bonds. The Morgan fingerprint density at radius 2 is 1.88 bits per heavy atom. The molecule has 1 aromatic carbocycles. The second-order valence-electron chi connectivity index (χ2n) is 3.20. The second-order valence-corrected chi connectivity index (χ2v) is 3.20. The van der Waals surface area contributed by atoms with Crippen molar-refractivity contribution in [2.45, 2.75) is 18.6 Å². The molecular weight excluding hydrogens is 231 g/mol. The molecule has 1 atom stereocenters. The van der Waals surface area contributed by atoms with E-state index in [2.05, 4.69) is 0 Å². The monoisotopic (exact) mass is 240 g/mol. The van der Waals surface area contributed by atoms with Crippen molar-refractivity contribution in [2.24, 2.45) is 5.84 Å². The summed E-state index contributed by atoms with van der Waals surface area (Å²) in [5.74, 6) is 3.13. The van der Waals surface area contributed by atoms with Crippen LogP contribution in [0.25, 0.3) is 0 Å². The van der Waals surface area contributed by atoms with E-state index in [1.165, 1.54) is 0 Å². The molecule has 0 aliphatic heterocycles. The van der Waals surface area contributed by atoms with Gasteiger partial charge in [0.15, 0.2) is 0 Å². The van der Waals surface area contributed by atoms with Crippen LogP contribution < -0.4 is 11.3 Å². The third kappa shape index (κ3) is 3.42. The Hall–Kier alpha value is -1.21. The number of nitrogens with two attached hydrogens (primary N) is 1. The molecule has 0 aromatic heterocycles. The first-order valence-corrected chi connectivity index (χ1v) is 4.31. The molecule has 1 aromatic rings. The molecular formula is C9H9F5N2. The third-order valence-corrected chi connectivity index (χ3v) is 1.97. The molecule has 0 radical (unpaired) electrons. The molecule has 0 bridgehead atoms. The second kappa shape index (κ2) is 4.75. The fourth-order valence-corrected chi connectivity index (χ4v) is 1.27. The number of hydrogen-bond acceptors (Lipinski definition) is 2. The van der Waals surface area contributed by atoms with Crippen molar-refractivity contribution >= 4 is 0 Å². The first-order valence-electron chi connectivity index (χ1n) is 4.31. The lowest BCUT2D eigenvalue weighted by Crippen LogP contribution is -2.32. The fraction of sp³-hybridized carbons (Fsp3) is 0.333. The molecule has 3 N–H and O–H groups in total. The van der Waals surface area contributed by atoms with Crippen molar-refractivity contribution in [3.8, 4) is 0 Å². The largest absolute Gasteiger partial charge is 0.390 e. The van der Waals surface area contributed by atoms with Gasteiger partial charge in [-0.25, -0.2) is 8.78 Å². The summed E-state index contributed by atoms with van der Waals surface area (Å²) in [6, 6.07) is 0.757. The molecule has 7 heteroatoms. The van der Waals surface area contributed by atoms with Gasteiger partial charge in [0, 0.05) is 5.56 Å². The van der Waals surface area contributed by atoms with Crippen LogP contribution in [0.15, 0.2) is 18.2 Å². The summed E-state index contributed by atoms with van der Waals surface area (Å²) in [6.45, 7) is 0. The number of alkyl halides is 3. The minimum absolute atomic E-state index is 0.445. The minimum Gasteiger partial charge on any atom is -0.271 e. The van der Waals surface area contributed by atoms with Gasteiger partial charge in [0.1, 0.15) is 11.6 Å². The van der Waals surface area contributed by atoms with Crippen molar-refractivity contribution in [1.82, 2.24) is 5.43 Å². The first-order chi connectivity index (χ1) is 7.33. The number of hydrazine groups is 1. The summed E-state index contributed by atoms with van der Waals surface area (Å²) >= 11 is 0. The maximum absolute atomic E-state index is 13.2. The van der Waals surface area contributed by atoms with E-state index in [0.717, 1.165) is 12.1 Å². The normalized spacial score (nSPS) is 13.9. The number of halogens is 5. The highest BCUT2D eigenvalue weighted by Gasteiger charge is 2.33. The van der Waals surface area contributed by atoms with E-state index in [1.54, 1.807) is 0 Å². The van der Waals surface area contributed by atoms with Gasteiger partial charge in [-0.05, 0) is 18.2 Å². The van der Waals surface area contributed by atoms with Crippen molar-refractivity contribution < 1.29 is 22.0 Å². The third-order valence-electron chi connectivity index (χ3n) is 1.97. The Morgan fingerprint density at radius 3 is 2.38 bits per heavy atom. The highest BCUT2D eigenvalue weighted by atomic mass is 19.4. The Labute approximate surface area is 88.2 Å². The van der Waals surface area contributed by atoms with E-state index in [1.807, 2.05) is 5.43 Å². The van der Waals surface area contributed by atoms with Gasteiger partial charge in [-0.15, -0.1) is 0 Å². The van der Waals surface area contributed by atoms with Crippen LogP contribution in [0.2, 0.25) is 0 Å². The first kappa shape index (κ1) is 12.9. The summed E-state index contributed by atoms with van der Waals surface area (Å²) in [5.41, 5.74) is 1.37. The van der Waals surface area contributed by atoms with Crippen LogP contribution in [0.1, 0.15) is 18.0 Å². The molecule has 2 nitrogen and oxygen atoms in total. The van der Waals surface area contributed by atoms with Gasteiger partial charge < -0.3 is 0 Å². The summed E-state index contributed by atoms with van der Waals surface area (Å²) in [7, 11) is 0. The number of rotatable bonds is 3.